The summed E-state index contributed by atoms with van der Waals surface area (Å²) in [5.41, 5.74) is 2.85. The Kier molecular flexibility index (Phi) is 10.1. The minimum absolute atomic E-state index is 0.0618. The summed E-state index contributed by atoms with van der Waals surface area (Å²) in [6.07, 6.45) is 2.25. The van der Waals surface area contributed by atoms with Crippen LogP contribution in [-0.4, -0.2) is 83.9 Å². The Morgan fingerprint density at radius 2 is 1.93 bits per heavy atom. The fraction of sp³-hybridized carbons (Fsp3) is 0.500. The van der Waals surface area contributed by atoms with Crippen molar-refractivity contribution in [2.45, 2.75) is 56.8 Å². The fourth-order valence-electron chi connectivity index (χ4n) is 6.91. The number of anilines is 1. The number of pyridine rings is 3. The summed E-state index contributed by atoms with van der Waals surface area (Å²) in [4.78, 5) is 26.4. The van der Waals surface area contributed by atoms with E-state index >= 15 is 0 Å². The average molecular weight is 629 g/mol. The number of carbonyl (C=O) groups is 1. The van der Waals surface area contributed by atoms with Crippen molar-refractivity contribution in [1.29, 1.82) is 0 Å². The van der Waals surface area contributed by atoms with E-state index in [0.29, 0.717) is 44.5 Å². The van der Waals surface area contributed by atoms with Gasteiger partial charge in [0.1, 0.15) is 17.1 Å². The number of halogens is 3. The van der Waals surface area contributed by atoms with Gasteiger partial charge in [0.15, 0.2) is 0 Å². The topological polar surface area (TPSA) is 113 Å². The molecule has 2 saturated heterocycles. The van der Waals surface area contributed by atoms with E-state index in [2.05, 4.69) is 26.3 Å². The van der Waals surface area contributed by atoms with Gasteiger partial charge < -0.3 is 24.8 Å². The summed E-state index contributed by atoms with van der Waals surface area (Å²) in [5, 5.41) is 10.5. The maximum atomic E-state index is 14.1. The van der Waals surface area contributed by atoms with E-state index in [1.165, 1.54) is 31.4 Å². The first-order valence-electron chi connectivity index (χ1n) is 15.2. The molecular weight excluding hydrogens is 589 g/mol. The highest BCUT2D eigenvalue weighted by Crippen LogP contribution is 2.46. The third-order valence-corrected chi connectivity index (χ3v) is 8.83. The van der Waals surface area contributed by atoms with Crippen molar-refractivity contribution in [2.75, 3.05) is 51.3 Å². The van der Waals surface area contributed by atoms with Gasteiger partial charge >= 0.3 is 6.18 Å². The Hall–Kier alpha value is -3.97. The van der Waals surface area contributed by atoms with Crippen LogP contribution in [0.15, 0.2) is 42.7 Å². The van der Waals surface area contributed by atoms with E-state index in [-0.39, 0.29) is 23.5 Å². The molecule has 10 nitrogen and oxygen atoms in total. The second-order valence-electron chi connectivity index (χ2n) is 11.5. The molecule has 0 unspecified atom stereocenters. The largest absolute Gasteiger partial charge is 0.496 e. The summed E-state index contributed by atoms with van der Waals surface area (Å²) in [7, 11) is 1.26. The summed E-state index contributed by atoms with van der Waals surface area (Å²) in [6.45, 7) is 6.64. The number of nitrogens with zero attached hydrogens (tertiary/aromatic N) is 5. The van der Waals surface area contributed by atoms with E-state index < -0.39 is 11.7 Å². The average Bonchev–Trinajstić information content (AvgIpc) is 3.54. The number of fused-ring (bicyclic) bond motifs is 2. The van der Waals surface area contributed by atoms with Gasteiger partial charge in [0, 0.05) is 56.6 Å². The van der Waals surface area contributed by atoms with Crippen LogP contribution < -0.4 is 19.7 Å². The van der Waals surface area contributed by atoms with Gasteiger partial charge in [-0.25, -0.2) is 9.97 Å². The summed E-state index contributed by atoms with van der Waals surface area (Å²) >= 11 is 0. The van der Waals surface area contributed by atoms with Crippen LogP contribution >= 0.6 is 0 Å². The van der Waals surface area contributed by atoms with Crippen molar-refractivity contribution in [2.24, 2.45) is 0 Å². The fourth-order valence-corrected chi connectivity index (χ4v) is 6.91. The number of alkyl halides is 3. The Bertz CT molecular complexity index is 1460. The van der Waals surface area contributed by atoms with Gasteiger partial charge in [-0.2, -0.15) is 13.2 Å². The van der Waals surface area contributed by atoms with Crippen molar-refractivity contribution in [3.8, 4) is 22.9 Å². The zero-order chi connectivity index (χ0) is 32.0. The molecule has 3 aliphatic heterocycles. The second-order valence-corrected chi connectivity index (χ2v) is 11.5. The molecule has 6 rings (SSSR count). The van der Waals surface area contributed by atoms with E-state index in [1.54, 1.807) is 11.1 Å². The zero-order valence-corrected chi connectivity index (χ0v) is 25.5. The van der Waals surface area contributed by atoms with Gasteiger partial charge in [-0.1, -0.05) is 6.07 Å². The predicted octanol–water partition coefficient (Wildman–Crippen LogP) is 4.77. The lowest BCUT2D eigenvalue weighted by molar-refractivity contribution is -0.138. The van der Waals surface area contributed by atoms with Gasteiger partial charge in [-0.05, 0) is 69.0 Å². The Labute approximate surface area is 260 Å². The highest BCUT2D eigenvalue weighted by Gasteiger charge is 2.45. The molecule has 45 heavy (non-hydrogen) atoms. The molecule has 0 aromatic carbocycles. The molecule has 0 amide bonds. The summed E-state index contributed by atoms with van der Waals surface area (Å²) in [6, 6.07) is 9.77. The normalized spacial score (nSPS) is 19.4. The summed E-state index contributed by atoms with van der Waals surface area (Å²) in [5.74, 6) is 0.294. The number of nitrogens with one attached hydrogen (secondary N) is 1. The predicted molar refractivity (Wildman–Crippen MR) is 163 cm³/mol. The molecule has 0 bridgehead atoms. The van der Waals surface area contributed by atoms with Crippen molar-refractivity contribution < 1.29 is 32.5 Å². The first-order valence-corrected chi connectivity index (χ1v) is 15.2. The van der Waals surface area contributed by atoms with Gasteiger partial charge in [-0.15, -0.1) is 0 Å². The molecule has 1 spiro atoms. The Morgan fingerprint density at radius 3 is 2.60 bits per heavy atom. The molecule has 3 aromatic rings. The molecule has 3 aromatic heterocycles. The van der Waals surface area contributed by atoms with E-state index in [1.807, 2.05) is 25.1 Å². The molecule has 6 heterocycles. The molecular formula is C32H39F3N6O4. The third kappa shape index (κ3) is 6.99. The van der Waals surface area contributed by atoms with E-state index in [0.717, 1.165) is 49.6 Å². The van der Waals surface area contributed by atoms with Crippen LogP contribution in [0.3, 0.4) is 0 Å². The maximum Gasteiger partial charge on any atom is 0.423 e. The van der Waals surface area contributed by atoms with E-state index in [4.69, 9.17) is 24.4 Å². The van der Waals surface area contributed by atoms with Crippen molar-refractivity contribution >= 4 is 12.3 Å². The molecule has 1 atom stereocenters. The maximum absolute atomic E-state index is 14.1. The smallest absolute Gasteiger partial charge is 0.423 e. The van der Waals surface area contributed by atoms with Crippen LogP contribution in [0.1, 0.15) is 49.4 Å². The van der Waals surface area contributed by atoms with Crippen molar-refractivity contribution in [3.05, 3.63) is 59.5 Å². The van der Waals surface area contributed by atoms with Crippen LogP contribution in [0.25, 0.3) is 11.3 Å². The van der Waals surface area contributed by atoms with E-state index in [9.17, 15) is 13.2 Å². The van der Waals surface area contributed by atoms with Crippen LogP contribution in [-0.2, 0) is 22.9 Å². The number of piperidine rings is 1. The monoisotopic (exact) mass is 628 g/mol. The minimum atomic E-state index is -4.57. The summed E-state index contributed by atoms with van der Waals surface area (Å²) < 4.78 is 53.2. The second kappa shape index (κ2) is 14.0. The highest BCUT2D eigenvalue weighted by molar-refractivity contribution is 5.65. The lowest BCUT2D eigenvalue weighted by atomic mass is 9.69. The number of hydrogen-bond donors (Lipinski definition) is 2. The van der Waals surface area contributed by atoms with Crippen LogP contribution in [0.4, 0.5) is 19.0 Å². The Morgan fingerprint density at radius 1 is 1.16 bits per heavy atom. The first kappa shape index (κ1) is 32.4. The molecule has 2 fully saturated rings. The van der Waals surface area contributed by atoms with Crippen LogP contribution in [0.2, 0.25) is 0 Å². The van der Waals surface area contributed by atoms with Gasteiger partial charge in [0.25, 0.3) is 6.47 Å². The quantitative estimate of drug-likeness (QED) is 0.355. The third-order valence-electron chi connectivity index (χ3n) is 8.83. The minimum Gasteiger partial charge on any atom is -0.496 e. The van der Waals surface area contributed by atoms with Crippen molar-refractivity contribution in [1.82, 2.24) is 25.2 Å². The number of rotatable bonds is 7. The zero-order valence-electron chi connectivity index (χ0n) is 25.5. The Balaban J connectivity index is 0.00000128. The number of aromatic nitrogens is 3. The van der Waals surface area contributed by atoms with Gasteiger partial charge in [0.2, 0.25) is 5.88 Å². The standard InChI is InChI=1S/C31H37F3N6O2.CH2O2/c1-3-42-29-22(7-5-14-37-29)24-9-8-23-25(38-24)19-39(18-21-6-4-13-35-21)20-30(23)11-16-40(17-12-30)28-27(31(32,33)34)26(41-2)10-15-36-28;2-1-3/h5,7-10,14-15,21,35H,3-4,6,11-13,16-20H2,1-2H3;1H,(H,2,3)/t21-;/m1./s1. The van der Waals surface area contributed by atoms with Crippen LogP contribution in [0.5, 0.6) is 11.6 Å². The lowest BCUT2D eigenvalue weighted by Crippen LogP contribution is -2.54. The lowest BCUT2D eigenvalue weighted by Gasteiger charge is -2.49. The number of hydrogen-bond acceptors (Lipinski definition) is 9. The SMILES string of the molecule is CCOc1ncccc1-c1ccc2c(n1)CN(C[C@H]1CCCN1)CC21CCN(c2nccc(OC)c2C(F)(F)F)CC1.O=CO. The molecule has 3 aliphatic rings. The molecule has 242 valence electrons. The van der Waals surface area contributed by atoms with Crippen LogP contribution in [0, 0.1) is 0 Å². The van der Waals surface area contributed by atoms with Gasteiger partial charge in [0.05, 0.1) is 30.7 Å². The van der Waals surface area contributed by atoms with Crippen molar-refractivity contribution in [3.63, 3.8) is 0 Å². The number of carboxylic acid groups (broad SMARTS) is 1. The highest BCUT2D eigenvalue weighted by atomic mass is 19.4. The first-order chi connectivity index (χ1) is 21.7. The molecule has 13 heteroatoms. The molecule has 0 radical (unpaired) electrons. The number of methoxy groups -OCH3 is 1. The molecule has 0 saturated carbocycles. The van der Waals surface area contributed by atoms with Gasteiger partial charge in [-0.3, -0.25) is 14.7 Å². The number of ether oxygens (including phenoxy) is 2. The molecule has 0 aliphatic carbocycles. The molecule has 2 N–H and O–H groups in total.